The molecule has 1 aromatic rings. The SMILES string of the molecule is C/C(=N\NC(=S)S)c1ncccc1CN1CCOCC1. The van der Waals surface area contributed by atoms with Crippen LogP contribution in [0.25, 0.3) is 0 Å². The Kier molecular flexibility index (Phi) is 5.90. The predicted octanol–water partition coefficient (Wildman–Crippen LogP) is 1.44. The number of rotatable bonds is 4. The Morgan fingerprint density at radius 2 is 2.30 bits per heavy atom. The van der Waals surface area contributed by atoms with Crippen molar-refractivity contribution in [1.82, 2.24) is 15.3 Å². The number of pyridine rings is 1. The Labute approximate surface area is 129 Å². The van der Waals surface area contributed by atoms with Crippen LogP contribution >= 0.6 is 24.8 Å². The van der Waals surface area contributed by atoms with Gasteiger partial charge in [0, 0.05) is 25.8 Å². The first-order valence-electron chi connectivity index (χ1n) is 6.44. The minimum Gasteiger partial charge on any atom is -0.379 e. The summed E-state index contributed by atoms with van der Waals surface area (Å²) in [6.45, 7) is 6.23. The molecule has 1 aromatic heterocycles. The summed E-state index contributed by atoms with van der Waals surface area (Å²) < 4.78 is 5.71. The predicted molar refractivity (Wildman–Crippen MR) is 87.3 cm³/mol. The zero-order valence-corrected chi connectivity index (χ0v) is 13.1. The van der Waals surface area contributed by atoms with Crippen molar-refractivity contribution < 1.29 is 4.74 Å². The highest BCUT2D eigenvalue weighted by molar-refractivity contribution is 8.11. The maximum Gasteiger partial charge on any atom is 0.150 e. The fourth-order valence-electron chi connectivity index (χ4n) is 2.08. The zero-order valence-electron chi connectivity index (χ0n) is 11.4. The van der Waals surface area contributed by atoms with Crippen LogP contribution in [0.4, 0.5) is 0 Å². The van der Waals surface area contributed by atoms with Crippen LogP contribution in [-0.2, 0) is 11.3 Å². The van der Waals surface area contributed by atoms with Crippen LogP contribution in [0.3, 0.4) is 0 Å². The second-order valence-electron chi connectivity index (χ2n) is 4.51. The molecule has 1 aliphatic heterocycles. The number of aromatic nitrogens is 1. The van der Waals surface area contributed by atoms with Crippen molar-refractivity contribution in [2.75, 3.05) is 26.3 Å². The number of ether oxygens (including phenoxy) is 1. The minimum atomic E-state index is 0.343. The molecule has 5 nitrogen and oxygen atoms in total. The van der Waals surface area contributed by atoms with Crippen molar-refractivity contribution in [2.24, 2.45) is 5.10 Å². The monoisotopic (exact) mass is 310 g/mol. The lowest BCUT2D eigenvalue weighted by molar-refractivity contribution is 0.0341. The van der Waals surface area contributed by atoms with Crippen molar-refractivity contribution in [3.63, 3.8) is 0 Å². The molecular formula is C13H18N4OS2. The molecule has 0 saturated carbocycles. The summed E-state index contributed by atoms with van der Waals surface area (Å²) in [6, 6.07) is 4.03. The van der Waals surface area contributed by atoms with E-state index in [2.05, 4.69) is 39.1 Å². The van der Waals surface area contributed by atoms with Crippen LogP contribution in [0, 0.1) is 0 Å². The molecule has 2 rings (SSSR count). The summed E-state index contributed by atoms with van der Waals surface area (Å²) in [4.78, 5) is 6.78. The van der Waals surface area contributed by atoms with Gasteiger partial charge in [0.15, 0.2) is 4.32 Å². The van der Waals surface area contributed by atoms with Gasteiger partial charge in [0.1, 0.15) is 0 Å². The molecule has 1 fully saturated rings. The van der Waals surface area contributed by atoms with Crippen molar-refractivity contribution in [3.05, 3.63) is 29.6 Å². The van der Waals surface area contributed by atoms with Gasteiger partial charge in [0.2, 0.25) is 0 Å². The molecule has 0 aromatic carbocycles. The summed E-state index contributed by atoms with van der Waals surface area (Å²) in [5, 5.41) is 4.19. The molecule has 0 aliphatic carbocycles. The molecular weight excluding hydrogens is 292 g/mol. The molecule has 1 saturated heterocycles. The van der Waals surface area contributed by atoms with Gasteiger partial charge in [0.25, 0.3) is 0 Å². The molecule has 0 amide bonds. The highest BCUT2D eigenvalue weighted by atomic mass is 32.1. The number of morpholine rings is 1. The lowest BCUT2D eigenvalue weighted by Crippen LogP contribution is -2.36. The molecule has 20 heavy (non-hydrogen) atoms. The second kappa shape index (κ2) is 7.68. The molecule has 2 heterocycles. The van der Waals surface area contributed by atoms with Crippen LogP contribution in [0.1, 0.15) is 18.2 Å². The number of nitrogens with one attached hydrogen (secondary N) is 1. The Hall–Kier alpha value is -1.02. The van der Waals surface area contributed by atoms with Gasteiger partial charge in [0.05, 0.1) is 24.6 Å². The zero-order chi connectivity index (χ0) is 14.4. The fraction of sp³-hybridized carbons (Fsp3) is 0.462. The maximum atomic E-state index is 5.37. The summed E-state index contributed by atoms with van der Waals surface area (Å²) >= 11 is 8.82. The molecule has 7 heteroatoms. The summed E-state index contributed by atoms with van der Waals surface area (Å²) in [7, 11) is 0. The van der Waals surface area contributed by atoms with Gasteiger partial charge < -0.3 is 4.74 Å². The lowest BCUT2D eigenvalue weighted by atomic mass is 10.1. The van der Waals surface area contributed by atoms with Crippen molar-refractivity contribution in [3.8, 4) is 0 Å². The summed E-state index contributed by atoms with van der Waals surface area (Å²) in [5.41, 5.74) is 5.52. The summed E-state index contributed by atoms with van der Waals surface area (Å²) in [5.74, 6) is 0. The number of hydrogen-bond acceptors (Lipinski definition) is 5. The quantitative estimate of drug-likeness (QED) is 0.381. The van der Waals surface area contributed by atoms with Crippen LogP contribution in [0.15, 0.2) is 23.4 Å². The molecule has 0 atom stereocenters. The Morgan fingerprint density at radius 3 is 3.00 bits per heavy atom. The van der Waals surface area contributed by atoms with Crippen molar-refractivity contribution in [1.29, 1.82) is 0 Å². The fourth-order valence-corrected chi connectivity index (χ4v) is 2.17. The van der Waals surface area contributed by atoms with E-state index in [0.29, 0.717) is 4.32 Å². The molecule has 0 unspecified atom stereocenters. The van der Waals surface area contributed by atoms with Gasteiger partial charge >= 0.3 is 0 Å². The van der Waals surface area contributed by atoms with E-state index in [1.165, 1.54) is 0 Å². The molecule has 1 aliphatic rings. The maximum absolute atomic E-state index is 5.37. The Balaban J connectivity index is 2.12. The van der Waals surface area contributed by atoms with E-state index < -0.39 is 0 Å². The Morgan fingerprint density at radius 1 is 1.55 bits per heavy atom. The van der Waals surface area contributed by atoms with Gasteiger partial charge in [-0.2, -0.15) is 5.10 Å². The van der Waals surface area contributed by atoms with Gasteiger partial charge in [-0.25, -0.2) is 0 Å². The normalized spacial score (nSPS) is 17.0. The van der Waals surface area contributed by atoms with Crippen molar-refractivity contribution in [2.45, 2.75) is 13.5 Å². The second-order valence-corrected chi connectivity index (χ2v) is 5.67. The summed E-state index contributed by atoms with van der Waals surface area (Å²) in [6.07, 6.45) is 1.77. The first kappa shape index (κ1) is 15.4. The Bertz CT molecular complexity index is 501. The average molecular weight is 310 g/mol. The first-order valence-corrected chi connectivity index (χ1v) is 7.30. The molecule has 0 radical (unpaired) electrons. The van der Waals surface area contributed by atoms with E-state index >= 15 is 0 Å². The first-order chi connectivity index (χ1) is 9.66. The standard InChI is InChI=1S/C13H18N4OS2/c1-10(15-16-13(19)20)12-11(3-2-4-14-12)9-17-5-7-18-8-6-17/h2-4H,5-9H2,1H3,(H2,16,19,20)/b15-10+. The smallest absolute Gasteiger partial charge is 0.150 e. The van der Waals surface area contributed by atoms with Gasteiger partial charge in [-0.15, -0.1) is 12.6 Å². The van der Waals surface area contributed by atoms with E-state index in [1.807, 2.05) is 13.0 Å². The van der Waals surface area contributed by atoms with E-state index in [4.69, 9.17) is 17.0 Å². The number of thiol groups is 1. The third-order valence-corrected chi connectivity index (χ3v) is 3.24. The third-order valence-electron chi connectivity index (χ3n) is 3.05. The molecule has 108 valence electrons. The molecule has 0 bridgehead atoms. The third kappa shape index (κ3) is 4.52. The average Bonchev–Trinajstić information content (AvgIpc) is 2.46. The van der Waals surface area contributed by atoms with Crippen LogP contribution in [0.2, 0.25) is 0 Å². The van der Waals surface area contributed by atoms with Crippen molar-refractivity contribution >= 4 is 34.9 Å². The van der Waals surface area contributed by atoms with Gasteiger partial charge in [-0.3, -0.25) is 15.3 Å². The highest BCUT2D eigenvalue weighted by Crippen LogP contribution is 2.11. The lowest BCUT2D eigenvalue weighted by Gasteiger charge is -2.27. The van der Waals surface area contributed by atoms with E-state index in [9.17, 15) is 0 Å². The molecule has 1 N–H and O–H groups in total. The van der Waals surface area contributed by atoms with E-state index in [-0.39, 0.29) is 0 Å². The largest absolute Gasteiger partial charge is 0.379 e. The number of nitrogens with zero attached hydrogens (tertiary/aromatic N) is 3. The number of hydrazone groups is 1. The van der Waals surface area contributed by atoms with Gasteiger partial charge in [-0.1, -0.05) is 18.3 Å². The van der Waals surface area contributed by atoms with Crippen LogP contribution < -0.4 is 5.43 Å². The highest BCUT2D eigenvalue weighted by Gasteiger charge is 2.14. The molecule has 0 spiro atoms. The number of hydrogen-bond donors (Lipinski definition) is 2. The van der Waals surface area contributed by atoms with E-state index in [1.54, 1.807) is 6.20 Å². The topological polar surface area (TPSA) is 49.8 Å². The van der Waals surface area contributed by atoms with Gasteiger partial charge in [-0.05, 0) is 18.6 Å². The van der Waals surface area contributed by atoms with Crippen LogP contribution in [0.5, 0.6) is 0 Å². The number of thiocarbonyl (C=S) groups is 1. The van der Waals surface area contributed by atoms with E-state index in [0.717, 1.165) is 49.8 Å². The van der Waals surface area contributed by atoms with Crippen LogP contribution in [-0.4, -0.2) is 46.2 Å². The minimum absolute atomic E-state index is 0.343.